The summed E-state index contributed by atoms with van der Waals surface area (Å²) in [5.41, 5.74) is 6.06. The predicted octanol–water partition coefficient (Wildman–Crippen LogP) is 3.29. The molecule has 20 heavy (non-hydrogen) atoms. The highest BCUT2D eigenvalue weighted by Gasteiger charge is 2.12. The lowest BCUT2D eigenvalue weighted by molar-refractivity contribution is 0.456. The van der Waals surface area contributed by atoms with Gasteiger partial charge in [0.2, 0.25) is 0 Å². The van der Waals surface area contributed by atoms with Crippen molar-refractivity contribution in [2.24, 2.45) is 10.7 Å². The fraction of sp³-hybridized carbons (Fsp3) is 0.500. The van der Waals surface area contributed by atoms with Gasteiger partial charge in [-0.2, -0.15) is 11.8 Å². The van der Waals surface area contributed by atoms with Crippen LogP contribution in [0.15, 0.2) is 38.6 Å². The van der Waals surface area contributed by atoms with Gasteiger partial charge >= 0.3 is 0 Å². The van der Waals surface area contributed by atoms with E-state index in [0.29, 0.717) is 11.2 Å². The lowest BCUT2D eigenvalue weighted by atomic mass is 10.4. The molecule has 0 aliphatic carbocycles. The Bertz CT molecular complexity index is 444. The third-order valence-corrected chi connectivity index (χ3v) is 5.56. The molecule has 110 valence electrons. The van der Waals surface area contributed by atoms with Crippen molar-refractivity contribution >= 4 is 45.4 Å². The first-order chi connectivity index (χ1) is 9.65. The summed E-state index contributed by atoms with van der Waals surface area (Å²) in [5.74, 6) is 3.01. The van der Waals surface area contributed by atoms with Gasteiger partial charge in [-0.25, -0.2) is 0 Å². The van der Waals surface area contributed by atoms with Crippen molar-refractivity contribution in [2.75, 3.05) is 31.1 Å². The van der Waals surface area contributed by atoms with E-state index in [1.807, 2.05) is 23.5 Å². The maximum absolute atomic E-state index is 6.06. The second kappa shape index (κ2) is 8.20. The van der Waals surface area contributed by atoms with Crippen molar-refractivity contribution in [3.63, 3.8) is 0 Å². The van der Waals surface area contributed by atoms with Gasteiger partial charge in [0.25, 0.3) is 0 Å². The molecule has 1 unspecified atom stereocenters. The van der Waals surface area contributed by atoms with E-state index in [9.17, 15) is 0 Å². The average molecular weight is 374 g/mol. The van der Waals surface area contributed by atoms with Crippen LogP contribution in [0.5, 0.6) is 0 Å². The smallest absolute Gasteiger partial charge is 0.191 e. The van der Waals surface area contributed by atoms with Crippen LogP contribution >= 0.6 is 39.5 Å². The number of halogens is 1. The second-order valence-corrected chi connectivity index (χ2v) is 8.33. The van der Waals surface area contributed by atoms with Crippen molar-refractivity contribution in [1.29, 1.82) is 0 Å². The molecule has 3 nitrogen and oxygen atoms in total. The Hall–Kier alpha value is -0.330. The predicted molar refractivity (Wildman–Crippen MR) is 94.8 cm³/mol. The quantitative estimate of drug-likeness (QED) is 0.499. The summed E-state index contributed by atoms with van der Waals surface area (Å²) in [4.78, 5) is 8.00. The number of hydrogen-bond donors (Lipinski definition) is 1. The van der Waals surface area contributed by atoms with E-state index in [1.165, 1.54) is 4.90 Å². The maximum Gasteiger partial charge on any atom is 0.191 e. The van der Waals surface area contributed by atoms with E-state index in [2.05, 4.69) is 57.0 Å². The Morgan fingerprint density at radius 1 is 1.40 bits per heavy atom. The number of rotatable bonds is 4. The van der Waals surface area contributed by atoms with Crippen molar-refractivity contribution in [2.45, 2.75) is 17.1 Å². The van der Waals surface area contributed by atoms with Gasteiger partial charge in [-0.05, 0) is 24.3 Å². The van der Waals surface area contributed by atoms with Gasteiger partial charge in [0, 0.05) is 39.2 Å². The first kappa shape index (κ1) is 16.0. The number of benzene rings is 1. The van der Waals surface area contributed by atoms with Crippen LogP contribution in [0.25, 0.3) is 0 Å². The van der Waals surface area contributed by atoms with Gasteiger partial charge in [-0.1, -0.05) is 22.9 Å². The van der Waals surface area contributed by atoms with Crippen LogP contribution in [-0.2, 0) is 0 Å². The highest BCUT2D eigenvalue weighted by Crippen LogP contribution is 2.24. The topological polar surface area (TPSA) is 41.6 Å². The maximum atomic E-state index is 6.06. The van der Waals surface area contributed by atoms with Crippen LogP contribution < -0.4 is 5.73 Å². The zero-order chi connectivity index (χ0) is 14.4. The molecule has 1 saturated heterocycles. The highest BCUT2D eigenvalue weighted by molar-refractivity contribution is 9.10. The van der Waals surface area contributed by atoms with Gasteiger partial charge in [-0.15, -0.1) is 11.8 Å². The Labute approximate surface area is 137 Å². The average Bonchev–Trinajstić information content (AvgIpc) is 2.48. The molecule has 6 heteroatoms. The van der Waals surface area contributed by atoms with E-state index < -0.39 is 0 Å². The number of nitrogens with two attached hydrogens (primary N) is 1. The largest absolute Gasteiger partial charge is 0.370 e. The zero-order valence-electron chi connectivity index (χ0n) is 11.6. The van der Waals surface area contributed by atoms with E-state index in [1.54, 1.807) is 0 Å². The van der Waals surface area contributed by atoms with Gasteiger partial charge < -0.3 is 10.6 Å². The molecule has 1 heterocycles. The first-order valence-corrected chi connectivity index (χ1v) is 9.53. The normalized spacial score (nSPS) is 18.1. The SMILES string of the molecule is CC(CN=C(N)N1CCSCC1)Sc1ccc(Br)cc1. The molecule has 1 aromatic rings. The molecule has 0 saturated carbocycles. The molecule has 1 aliphatic rings. The standard InChI is InChI=1S/C14H20BrN3S2/c1-11(20-13-4-2-12(15)3-5-13)10-17-14(16)18-6-8-19-9-7-18/h2-5,11H,6-10H2,1H3,(H2,16,17). The Kier molecular flexibility index (Phi) is 6.58. The summed E-state index contributed by atoms with van der Waals surface area (Å²) in [5, 5.41) is 0.425. The Morgan fingerprint density at radius 3 is 2.70 bits per heavy atom. The van der Waals surface area contributed by atoms with E-state index in [0.717, 1.165) is 35.6 Å². The lowest BCUT2D eigenvalue weighted by Crippen LogP contribution is -2.42. The number of guanidine groups is 1. The summed E-state index contributed by atoms with van der Waals surface area (Å²) in [6.45, 7) is 4.99. The van der Waals surface area contributed by atoms with Crippen LogP contribution in [0, 0.1) is 0 Å². The van der Waals surface area contributed by atoms with Gasteiger partial charge in [0.15, 0.2) is 5.96 Å². The minimum absolute atomic E-state index is 0.425. The highest BCUT2D eigenvalue weighted by atomic mass is 79.9. The molecule has 1 aromatic carbocycles. The second-order valence-electron chi connectivity index (χ2n) is 4.68. The number of nitrogens with zero attached hydrogens (tertiary/aromatic N) is 2. The molecule has 2 N–H and O–H groups in total. The monoisotopic (exact) mass is 373 g/mol. The van der Waals surface area contributed by atoms with Gasteiger partial charge in [0.05, 0.1) is 6.54 Å². The van der Waals surface area contributed by atoms with Crippen molar-refractivity contribution in [3.8, 4) is 0 Å². The molecule has 0 amide bonds. The summed E-state index contributed by atoms with van der Waals surface area (Å²) in [6.07, 6.45) is 0. The zero-order valence-corrected chi connectivity index (χ0v) is 14.8. The summed E-state index contributed by atoms with van der Waals surface area (Å²) in [7, 11) is 0. The van der Waals surface area contributed by atoms with Crippen LogP contribution in [-0.4, -0.2) is 47.2 Å². The molecule has 0 aromatic heterocycles. The number of aliphatic imine (C=N–C) groups is 1. The Balaban J connectivity index is 1.81. The van der Waals surface area contributed by atoms with E-state index >= 15 is 0 Å². The summed E-state index contributed by atoms with van der Waals surface area (Å²) < 4.78 is 1.11. The minimum atomic E-state index is 0.425. The first-order valence-electron chi connectivity index (χ1n) is 6.70. The minimum Gasteiger partial charge on any atom is -0.370 e. The number of thioether (sulfide) groups is 2. The number of hydrogen-bond acceptors (Lipinski definition) is 3. The molecule has 1 aliphatic heterocycles. The molecular formula is C14H20BrN3S2. The van der Waals surface area contributed by atoms with Crippen LogP contribution in [0.3, 0.4) is 0 Å². The summed E-state index contributed by atoms with van der Waals surface area (Å²) in [6, 6.07) is 8.39. The third-order valence-electron chi connectivity index (χ3n) is 3.00. The van der Waals surface area contributed by atoms with Crippen molar-refractivity contribution < 1.29 is 0 Å². The van der Waals surface area contributed by atoms with Crippen LogP contribution in [0.1, 0.15) is 6.92 Å². The van der Waals surface area contributed by atoms with E-state index in [-0.39, 0.29) is 0 Å². The van der Waals surface area contributed by atoms with Crippen LogP contribution in [0.4, 0.5) is 0 Å². The van der Waals surface area contributed by atoms with Gasteiger partial charge in [0.1, 0.15) is 0 Å². The molecule has 0 spiro atoms. The van der Waals surface area contributed by atoms with E-state index in [4.69, 9.17) is 5.73 Å². The molecule has 0 bridgehead atoms. The fourth-order valence-corrected chi connectivity index (χ4v) is 3.97. The van der Waals surface area contributed by atoms with Crippen LogP contribution in [0.2, 0.25) is 0 Å². The van der Waals surface area contributed by atoms with Crippen molar-refractivity contribution in [1.82, 2.24) is 4.90 Å². The van der Waals surface area contributed by atoms with Crippen molar-refractivity contribution in [3.05, 3.63) is 28.7 Å². The fourth-order valence-electron chi connectivity index (χ4n) is 1.90. The lowest BCUT2D eigenvalue weighted by Gasteiger charge is -2.27. The molecule has 1 fully saturated rings. The molecular weight excluding hydrogens is 354 g/mol. The molecule has 1 atom stereocenters. The molecule has 0 radical (unpaired) electrons. The summed E-state index contributed by atoms with van der Waals surface area (Å²) >= 11 is 7.27. The third kappa shape index (κ3) is 5.22. The van der Waals surface area contributed by atoms with Gasteiger partial charge in [-0.3, -0.25) is 4.99 Å². The molecule has 2 rings (SSSR count). The Morgan fingerprint density at radius 2 is 2.05 bits per heavy atom.